The highest BCUT2D eigenvalue weighted by molar-refractivity contribution is 6.00. The first kappa shape index (κ1) is 15.7. The number of rotatable bonds is 6. The molecule has 0 atom stereocenters. The van der Waals surface area contributed by atoms with Gasteiger partial charge in [-0.3, -0.25) is 9.59 Å². The van der Waals surface area contributed by atoms with Crippen LogP contribution in [0.4, 0.5) is 5.69 Å². The van der Waals surface area contributed by atoms with Gasteiger partial charge in [0, 0.05) is 12.2 Å². The zero-order valence-electron chi connectivity index (χ0n) is 12.9. The first-order valence-corrected chi connectivity index (χ1v) is 7.41. The fourth-order valence-electron chi connectivity index (χ4n) is 2.35. The minimum atomic E-state index is -0.495. The van der Waals surface area contributed by atoms with Crippen molar-refractivity contribution in [3.05, 3.63) is 53.6 Å². The van der Waals surface area contributed by atoms with E-state index in [4.69, 9.17) is 15.2 Å². The van der Waals surface area contributed by atoms with Crippen LogP contribution < -0.4 is 25.8 Å². The molecule has 124 valence electrons. The van der Waals surface area contributed by atoms with Crippen LogP contribution in [0.2, 0.25) is 0 Å². The van der Waals surface area contributed by atoms with Crippen molar-refractivity contribution in [2.75, 3.05) is 18.7 Å². The van der Waals surface area contributed by atoms with Gasteiger partial charge in [0.15, 0.2) is 11.5 Å². The number of fused-ring (bicyclic) bond motifs is 1. The summed E-state index contributed by atoms with van der Waals surface area (Å²) in [6, 6.07) is 12.4. The van der Waals surface area contributed by atoms with E-state index in [1.807, 2.05) is 18.2 Å². The number of carbonyl (C=O) groups is 2. The largest absolute Gasteiger partial charge is 0.454 e. The number of nitrogens with two attached hydrogens (primary N) is 1. The van der Waals surface area contributed by atoms with E-state index in [2.05, 4.69) is 10.6 Å². The summed E-state index contributed by atoms with van der Waals surface area (Å²) < 4.78 is 10.6. The van der Waals surface area contributed by atoms with Gasteiger partial charge in [-0.25, -0.2) is 0 Å². The molecule has 0 saturated heterocycles. The number of amides is 2. The summed E-state index contributed by atoms with van der Waals surface area (Å²) in [4.78, 5) is 23.3. The maximum Gasteiger partial charge on any atom is 0.253 e. The Kier molecular flexibility index (Phi) is 4.51. The van der Waals surface area contributed by atoms with Crippen LogP contribution in [0.3, 0.4) is 0 Å². The Balaban J connectivity index is 1.66. The van der Waals surface area contributed by atoms with Crippen LogP contribution in [-0.2, 0) is 11.3 Å². The number of para-hydroxylation sites is 1. The molecular formula is C17H17N3O4. The molecule has 0 bridgehead atoms. The maximum atomic E-state index is 12.4. The molecule has 1 aliphatic rings. The summed E-state index contributed by atoms with van der Waals surface area (Å²) >= 11 is 0. The number of hydrogen-bond donors (Lipinski definition) is 3. The molecule has 2 aromatic rings. The van der Waals surface area contributed by atoms with Crippen LogP contribution >= 0.6 is 0 Å². The number of ether oxygens (including phenoxy) is 2. The highest BCUT2D eigenvalue weighted by Crippen LogP contribution is 2.32. The molecule has 0 saturated carbocycles. The van der Waals surface area contributed by atoms with Gasteiger partial charge >= 0.3 is 0 Å². The van der Waals surface area contributed by atoms with E-state index in [0.29, 0.717) is 29.3 Å². The Hall–Kier alpha value is -3.22. The molecule has 1 aliphatic heterocycles. The van der Waals surface area contributed by atoms with E-state index in [-0.39, 0.29) is 19.2 Å². The molecule has 0 aliphatic carbocycles. The van der Waals surface area contributed by atoms with Crippen LogP contribution in [0.15, 0.2) is 42.5 Å². The van der Waals surface area contributed by atoms with E-state index in [9.17, 15) is 9.59 Å². The van der Waals surface area contributed by atoms with Crippen LogP contribution in [0.1, 0.15) is 15.9 Å². The first-order valence-electron chi connectivity index (χ1n) is 7.41. The Morgan fingerprint density at radius 1 is 1.08 bits per heavy atom. The third-order valence-electron chi connectivity index (χ3n) is 3.51. The van der Waals surface area contributed by atoms with Gasteiger partial charge in [-0.2, -0.15) is 0 Å². The van der Waals surface area contributed by atoms with Crippen molar-refractivity contribution in [3.8, 4) is 11.5 Å². The number of nitrogens with one attached hydrogen (secondary N) is 2. The molecule has 2 aromatic carbocycles. The standard InChI is InChI=1S/C17H17N3O4/c18-16(21)9-19-13-4-2-1-3-12(13)17(22)20-8-11-5-6-14-15(7-11)24-10-23-14/h1-7,19H,8-10H2,(H2,18,21)(H,20,22). The molecule has 0 unspecified atom stereocenters. The number of hydrogen-bond acceptors (Lipinski definition) is 5. The second-order valence-electron chi connectivity index (χ2n) is 5.24. The lowest BCUT2D eigenvalue weighted by molar-refractivity contribution is -0.116. The average molecular weight is 327 g/mol. The number of carbonyl (C=O) groups excluding carboxylic acids is 2. The summed E-state index contributed by atoms with van der Waals surface area (Å²) in [5, 5.41) is 5.70. The second kappa shape index (κ2) is 6.91. The lowest BCUT2D eigenvalue weighted by Crippen LogP contribution is -2.26. The minimum Gasteiger partial charge on any atom is -0.454 e. The molecule has 4 N–H and O–H groups in total. The summed E-state index contributed by atoms with van der Waals surface area (Å²) in [6.07, 6.45) is 0. The fraction of sp³-hybridized carbons (Fsp3) is 0.176. The Labute approximate surface area is 138 Å². The molecule has 0 fully saturated rings. The normalized spacial score (nSPS) is 11.8. The zero-order valence-corrected chi connectivity index (χ0v) is 12.9. The van der Waals surface area contributed by atoms with E-state index < -0.39 is 5.91 Å². The third kappa shape index (κ3) is 3.57. The summed E-state index contributed by atoms with van der Waals surface area (Å²) in [6.45, 7) is 0.524. The van der Waals surface area contributed by atoms with Gasteiger partial charge in [0.1, 0.15) is 0 Å². The third-order valence-corrected chi connectivity index (χ3v) is 3.51. The van der Waals surface area contributed by atoms with E-state index >= 15 is 0 Å². The quantitative estimate of drug-likeness (QED) is 0.741. The summed E-state index contributed by atoms with van der Waals surface area (Å²) in [5.74, 6) is 0.627. The van der Waals surface area contributed by atoms with Gasteiger partial charge in [-0.1, -0.05) is 18.2 Å². The second-order valence-corrected chi connectivity index (χ2v) is 5.24. The first-order chi connectivity index (χ1) is 11.6. The topological polar surface area (TPSA) is 103 Å². The molecule has 24 heavy (non-hydrogen) atoms. The highest BCUT2D eigenvalue weighted by Gasteiger charge is 2.14. The minimum absolute atomic E-state index is 0.0353. The van der Waals surface area contributed by atoms with Gasteiger partial charge in [0.05, 0.1) is 12.1 Å². The van der Waals surface area contributed by atoms with Crippen LogP contribution in [-0.4, -0.2) is 25.2 Å². The summed E-state index contributed by atoms with van der Waals surface area (Å²) in [7, 11) is 0. The molecule has 3 rings (SSSR count). The predicted octanol–water partition coefficient (Wildman–Crippen LogP) is 1.24. The van der Waals surface area contributed by atoms with Crippen molar-refractivity contribution < 1.29 is 19.1 Å². The number of benzene rings is 2. The predicted molar refractivity (Wildman–Crippen MR) is 87.9 cm³/mol. The van der Waals surface area contributed by atoms with Gasteiger partial charge < -0.3 is 25.8 Å². The van der Waals surface area contributed by atoms with Crippen LogP contribution in [0, 0.1) is 0 Å². The molecular weight excluding hydrogens is 310 g/mol. The molecule has 7 nitrogen and oxygen atoms in total. The Bertz CT molecular complexity index is 776. The van der Waals surface area contributed by atoms with E-state index in [0.717, 1.165) is 5.56 Å². The lowest BCUT2D eigenvalue weighted by Gasteiger charge is -2.11. The zero-order chi connectivity index (χ0) is 16.9. The van der Waals surface area contributed by atoms with Crippen molar-refractivity contribution in [1.82, 2.24) is 5.32 Å². The number of anilines is 1. The smallest absolute Gasteiger partial charge is 0.253 e. The molecule has 2 amide bonds. The van der Waals surface area contributed by atoms with Gasteiger partial charge in [0.25, 0.3) is 5.91 Å². The SMILES string of the molecule is NC(=O)CNc1ccccc1C(=O)NCc1ccc2c(c1)OCO2. The van der Waals surface area contributed by atoms with E-state index in [1.165, 1.54) is 0 Å². The van der Waals surface area contributed by atoms with Gasteiger partial charge in [-0.15, -0.1) is 0 Å². The fourth-order valence-corrected chi connectivity index (χ4v) is 2.35. The van der Waals surface area contributed by atoms with E-state index in [1.54, 1.807) is 24.3 Å². The van der Waals surface area contributed by atoms with Gasteiger partial charge in [-0.05, 0) is 29.8 Å². The molecule has 1 heterocycles. The number of primary amides is 1. The van der Waals surface area contributed by atoms with Gasteiger partial charge in [0.2, 0.25) is 12.7 Å². The lowest BCUT2D eigenvalue weighted by atomic mass is 10.1. The monoisotopic (exact) mass is 327 g/mol. The van der Waals surface area contributed by atoms with Crippen molar-refractivity contribution in [3.63, 3.8) is 0 Å². The Morgan fingerprint density at radius 2 is 1.88 bits per heavy atom. The molecule has 7 heteroatoms. The molecule has 0 spiro atoms. The van der Waals surface area contributed by atoms with Crippen molar-refractivity contribution in [1.29, 1.82) is 0 Å². The van der Waals surface area contributed by atoms with Crippen molar-refractivity contribution in [2.45, 2.75) is 6.54 Å². The highest BCUT2D eigenvalue weighted by atomic mass is 16.7. The van der Waals surface area contributed by atoms with Crippen LogP contribution in [0.25, 0.3) is 0 Å². The van der Waals surface area contributed by atoms with Crippen molar-refractivity contribution >= 4 is 17.5 Å². The van der Waals surface area contributed by atoms with Crippen LogP contribution in [0.5, 0.6) is 11.5 Å². The Morgan fingerprint density at radius 3 is 2.71 bits per heavy atom. The average Bonchev–Trinajstić information content (AvgIpc) is 3.05. The molecule has 0 radical (unpaired) electrons. The maximum absolute atomic E-state index is 12.4. The molecule has 0 aromatic heterocycles. The van der Waals surface area contributed by atoms with Crippen molar-refractivity contribution in [2.24, 2.45) is 5.73 Å². The summed E-state index contributed by atoms with van der Waals surface area (Å²) in [5.41, 5.74) is 7.02.